The Balaban J connectivity index is 1.36. The van der Waals surface area contributed by atoms with Gasteiger partial charge < -0.3 is 9.84 Å². The monoisotopic (exact) mass is 410 g/mol. The molecule has 0 radical (unpaired) electrons. The first-order valence-corrected chi connectivity index (χ1v) is 10.1. The van der Waals surface area contributed by atoms with E-state index in [0.29, 0.717) is 29.8 Å². The van der Waals surface area contributed by atoms with Gasteiger partial charge in [-0.05, 0) is 68.3 Å². The lowest BCUT2D eigenvalue weighted by atomic mass is 9.97. The van der Waals surface area contributed by atoms with Crippen LogP contribution in [0.5, 0.6) is 0 Å². The molecule has 1 aliphatic rings. The molecule has 4 rings (SSSR count). The molecule has 0 spiro atoms. The number of rotatable bonds is 5. The molecule has 1 atom stereocenters. The Morgan fingerprint density at radius 1 is 1.28 bits per heavy atom. The number of piperidine rings is 1. The van der Waals surface area contributed by atoms with Crippen molar-refractivity contribution < 1.29 is 9.32 Å². The molecule has 1 amide bonds. The molecule has 1 aliphatic heterocycles. The van der Waals surface area contributed by atoms with Gasteiger partial charge in [0.2, 0.25) is 17.6 Å². The van der Waals surface area contributed by atoms with Crippen LogP contribution < -0.4 is 5.32 Å². The van der Waals surface area contributed by atoms with E-state index in [2.05, 4.69) is 20.4 Å². The summed E-state index contributed by atoms with van der Waals surface area (Å²) in [5.74, 6) is 1.10. The second kappa shape index (κ2) is 8.76. The zero-order valence-electron chi connectivity index (χ0n) is 16.3. The maximum absolute atomic E-state index is 12.7. The number of aromatic nitrogens is 2. The molecular weight excluding hydrogens is 388 g/mol. The molecule has 6 nitrogen and oxygen atoms in total. The first-order chi connectivity index (χ1) is 14.1. The lowest BCUT2D eigenvalue weighted by Gasteiger charge is -2.30. The van der Waals surface area contributed by atoms with Gasteiger partial charge in [0.05, 0.1) is 12.5 Å². The topological polar surface area (TPSA) is 71.3 Å². The summed E-state index contributed by atoms with van der Waals surface area (Å²) in [5, 5.41) is 7.77. The summed E-state index contributed by atoms with van der Waals surface area (Å²) < 4.78 is 5.42. The van der Waals surface area contributed by atoms with Gasteiger partial charge in [0.1, 0.15) is 0 Å². The summed E-state index contributed by atoms with van der Waals surface area (Å²) >= 11 is 5.93. The van der Waals surface area contributed by atoms with Gasteiger partial charge in [0, 0.05) is 22.8 Å². The second-order valence-electron chi connectivity index (χ2n) is 7.45. The van der Waals surface area contributed by atoms with Crippen molar-refractivity contribution in [3.05, 3.63) is 65.0 Å². The fourth-order valence-corrected chi connectivity index (χ4v) is 3.73. The Morgan fingerprint density at radius 2 is 2.10 bits per heavy atom. The number of nitrogens with one attached hydrogen (secondary N) is 1. The largest absolute Gasteiger partial charge is 0.338 e. The maximum atomic E-state index is 12.7. The van der Waals surface area contributed by atoms with Crippen molar-refractivity contribution in [2.45, 2.75) is 26.3 Å². The highest BCUT2D eigenvalue weighted by atomic mass is 35.5. The van der Waals surface area contributed by atoms with E-state index in [9.17, 15) is 4.79 Å². The Bertz CT molecular complexity index is 986. The highest BCUT2D eigenvalue weighted by molar-refractivity contribution is 6.30. The van der Waals surface area contributed by atoms with E-state index in [1.54, 1.807) is 12.1 Å². The van der Waals surface area contributed by atoms with Crippen LogP contribution in [0.15, 0.2) is 53.1 Å². The van der Waals surface area contributed by atoms with E-state index in [4.69, 9.17) is 16.1 Å². The van der Waals surface area contributed by atoms with Crippen molar-refractivity contribution in [3.63, 3.8) is 0 Å². The number of likely N-dealkylation sites (tertiary alicyclic amines) is 1. The summed E-state index contributed by atoms with van der Waals surface area (Å²) in [4.78, 5) is 19.4. The van der Waals surface area contributed by atoms with E-state index >= 15 is 0 Å². The van der Waals surface area contributed by atoms with Crippen LogP contribution in [0.25, 0.3) is 11.4 Å². The molecule has 1 unspecified atom stereocenters. The minimum atomic E-state index is -0.0529. The Labute approximate surface area is 174 Å². The quantitative estimate of drug-likeness (QED) is 0.668. The lowest BCUT2D eigenvalue weighted by molar-refractivity contribution is -0.121. The molecule has 3 aromatic rings. The van der Waals surface area contributed by atoms with Crippen LogP contribution >= 0.6 is 11.6 Å². The second-order valence-corrected chi connectivity index (χ2v) is 7.89. The fraction of sp³-hybridized carbons (Fsp3) is 0.318. The molecule has 0 saturated carbocycles. The van der Waals surface area contributed by atoms with Gasteiger partial charge in [-0.3, -0.25) is 9.69 Å². The number of aryl methyl sites for hydroxylation is 1. The van der Waals surface area contributed by atoms with E-state index in [1.807, 2.05) is 43.3 Å². The smallest absolute Gasteiger partial charge is 0.241 e. The molecule has 0 aliphatic carbocycles. The van der Waals surface area contributed by atoms with E-state index < -0.39 is 0 Å². The predicted octanol–water partition coefficient (Wildman–Crippen LogP) is 4.55. The summed E-state index contributed by atoms with van der Waals surface area (Å²) in [5.41, 5.74) is 2.83. The fourth-order valence-electron chi connectivity index (χ4n) is 3.61. The van der Waals surface area contributed by atoms with Gasteiger partial charge in [0.15, 0.2) is 0 Å². The molecule has 1 aromatic heterocycles. The molecule has 1 saturated heterocycles. The molecule has 1 N–H and O–H groups in total. The normalized spacial score (nSPS) is 17.2. The zero-order chi connectivity index (χ0) is 20.2. The van der Waals surface area contributed by atoms with Crippen molar-refractivity contribution in [1.29, 1.82) is 0 Å². The number of carbonyl (C=O) groups is 1. The number of amides is 1. The van der Waals surface area contributed by atoms with Gasteiger partial charge in [0.25, 0.3) is 0 Å². The molecule has 2 heterocycles. The van der Waals surface area contributed by atoms with Crippen molar-refractivity contribution in [1.82, 2.24) is 15.0 Å². The molecule has 0 bridgehead atoms. The van der Waals surface area contributed by atoms with E-state index in [0.717, 1.165) is 36.2 Å². The number of nitrogens with zero attached hydrogens (tertiary/aromatic N) is 3. The minimum Gasteiger partial charge on any atom is -0.338 e. The SMILES string of the molecule is Cc1cccc(NC(=O)C2CCCN(Cc3nc(-c4ccc(Cl)cc4)no3)C2)c1. The standard InChI is InChI=1S/C22H23ClN4O2/c1-15-4-2-6-19(12-15)24-22(28)17-5-3-11-27(13-17)14-20-25-21(26-29-20)16-7-9-18(23)10-8-16/h2,4,6-10,12,17H,3,5,11,13-14H2,1H3,(H,24,28). The van der Waals surface area contributed by atoms with Crippen LogP contribution in [-0.2, 0) is 11.3 Å². The summed E-state index contributed by atoms with van der Waals surface area (Å²) in [6, 6.07) is 15.2. The number of carbonyl (C=O) groups excluding carboxylic acids is 1. The molecule has 29 heavy (non-hydrogen) atoms. The van der Waals surface area contributed by atoms with Crippen molar-refractivity contribution >= 4 is 23.2 Å². The lowest BCUT2D eigenvalue weighted by Crippen LogP contribution is -2.40. The third-order valence-corrected chi connectivity index (χ3v) is 5.34. The summed E-state index contributed by atoms with van der Waals surface area (Å²) in [7, 11) is 0. The van der Waals surface area contributed by atoms with Gasteiger partial charge in [-0.2, -0.15) is 4.98 Å². The van der Waals surface area contributed by atoms with Crippen LogP contribution in [0.2, 0.25) is 5.02 Å². The van der Waals surface area contributed by atoms with E-state index in [1.165, 1.54) is 0 Å². The van der Waals surface area contributed by atoms with Crippen LogP contribution in [0.1, 0.15) is 24.3 Å². The third kappa shape index (κ3) is 5.02. The number of hydrogen-bond donors (Lipinski definition) is 1. The zero-order valence-corrected chi connectivity index (χ0v) is 17.0. The molecule has 1 fully saturated rings. The van der Waals surface area contributed by atoms with Crippen molar-refractivity contribution in [3.8, 4) is 11.4 Å². The van der Waals surface area contributed by atoms with Gasteiger partial charge in [-0.25, -0.2) is 0 Å². The van der Waals surface area contributed by atoms with Crippen molar-refractivity contribution in [2.75, 3.05) is 18.4 Å². The molecule has 7 heteroatoms. The third-order valence-electron chi connectivity index (χ3n) is 5.09. The molecular formula is C22H23ClN4O2. The van der Waals surface area contributed by atoms with Gasteiger partial charge in [-0.15, -0.1) is 0 Å². The average molecular weight is 411 g/mol. The maximum Gasteiger partial charge on any atom is 0.241 e. The predicted molar refractivity (Wildman–Crippen MR) is 113 cm³/mol. The average Bonchev–Trinajstić information content (AvgIpc) is 3.17. The summed E-state index contributed by atoms with van der Waals surface area (Å²) in [6.45, 7) is 4.14. The first kappa shape index (κ1) is 19.6. The molecule has 2 aromatic carbocycles. The first-order valence-electron chi connectivity index (χ1n) is 9.75. The highest BCUT2D eigenvalue weighted by Crippen LogP contribution is 2.22. The Kier molecular flexibility index (Phi) is 5.92. The Hall–Kier alpha value is -2.70. The van der Waals surface area contributed by atoms with Gasteiger partial charge in [-0.1, -0.05) is 28.9 Å². The van der Waals surface area contributed by atoms with Gasteiger partial charge >= 0.3 is 0 Å². The van der Waals surface area contributed by atoms with Crippen LogP contribution in [-0.4, -0.2) is 34.0 Å². The number of anilines is 1. The summed E-state index contributed by atoms with van der Waals surface area (Å²) in [6.07, 6.45) is 1.85. The van der Waals surface area contributed by atoms with Crippen LogP contribution in [0, 0.1) is 12.8 Å². The highest BCUT2D eigenvalue weighted by Gasteiger charge is 2.27. The van der Waals surface area contributed by atoms with Crippen LogP contribution in [0.3, 0.4) is 0 Å². The van der Waals surface area contributed by atoms with Crippen molar-refractivity contribution in [2.24, 2.45) is 5.92 Å². The van der Waals surface area contributed by atoms with Crippen LogP contribution in [0.4, 0.5) is 5.69 Å². The Morgan fingerprint density at radius 3 is 2.90 bits per heavy atom. The number of hydrogen-bond acceptors (Lipinski definition) is 5. The number of benzene rings is 2. The minimum absolute atomic E-state index is 0.0529. The molecule has 150 valence electrons. The van der Waals surface area contributed by atoms with E-state index in [-0.39, 0.29) is 11.8 Å². The number of halogens is 1.